The van der Waals surface area contributed by atoms with Crippen LogP contribution >= 0.6 is 24.0 Å². The Hall–Kier alpha value is -2.36. The molecule has 132 valence electrons. The van der Waals surface area contributed by atoms with Crippen molar-refractivity contribution in [3.8, 4) is 23.0 Å². The zero-order chi connectivity index (χ0) is 16.4. The van der Waals surface area contributed by atoms with Crippen molar-refractivity contribution in [2.75, 3.05) is 25.3 Å². The summed E-state index contributed by atoms with van der Waals surface area (Å²) in [6.07, 6.45) is 0. The molecule has 25 heavy (non-hydrogen) atoms. The summed E-state index contributed by atoms with van der Waals surface area (Å²) in [6.45, 7) is 1.82. The molecule has 8 heteroatoms. The first-order chi connectivity index (χ1) is 11.8. The minimum atomic E-state index is 0. The van der Waals surface area contributed by atoms with Gasteiger partial charge in [0.05, 0.1) is 6.54 Å². The standard InChI is InChI=1S/C17H17N3O4.HI/c18-17(19-9-11-1-3-14-15(7-11)24-10-23-14)20-12-2-4-13-16(8-12)22-6-5-21-13;/h1-4,7-8H,5-6,9-10H2,(H3,18,19,20);1H. The molecule has 2 aliphatic rings. The fraction of sp³-hybridized carbons (Fsp3) is 0.235. The maximum atomic E-state index is 5.95. The Morgan fingerprint density at radius 1 is 0.920 bits per heavy atom. The summed E-state index contributed by atoms with van der Waals surface area (Å²) in [5, 5.41) is 3.05. The molecule has 0 amide bonds. The fourth-order valence-corrected chi connectivity index (χ4v) is 2.52. The van der Waals surface area contributed by atoms with E-state index in [0.717, 1.165) is 28.5 Å². The second kappa shape index (κ2) is 7.68. The molecule has 0 saturated carbocycles. The first-order valence-corrected chi connectivity index (χ1v) is 7.63. The van der Waals surface area contributed by atoms with Crippen molar-refractivity contribution in [1.29, 1.82) is 0 Å². The molecule has 2 heterocycles. The van der Waals surface area contributed by atoms with Crippen LogP contribution in [0.25, 0.3) is 0 Å². The van der Waals surface area contributed by atoms with Crippen molar-refractivity contribution in [3.63, 3.8) is 0 Å². The highest BCUT2D eigenvalue weighted by Gasteiger charge is 2.13. The van der Waals surface area contributed by atoms with Crippen LogP contribution < -0.4 is 30.0 Å². The van der Waals surface area contributed by atoms with Gasteiger partial charge in [-0.15, -0.1) is 24.0 Å². The van der Waals surface area contributed by atoms with Crippen molar-refractivity contribution in [2.24, 2.45) is 10.7 Å². The Labute approximate surface area is 162 Å². The van der Waals surface area contributed by atoms with Crippen molar-refractivity contribution in [3.05, 3.63) is 42.0 Å². The number of nitrogens with zero attached hydrogens (tertiary/aromatic N) is 1. The smallest absolute Gasteiger partial charge is 0.231 e. The van der Waals surface area contributed by atoms with Crippen LogP contribution in [0.4, 0.5) is 5.69 Å². The first-order valence-electron chi connectivity index (χ1n) is 7.63. The Balaban J connectivity index is 0.00000182. The maximum absolute atomic E-state index is 5.95. The molecular weight excluding hydrogens is 437 g/mol. The number of guanidine groups is 1. The van der Waals surface area contributed by atoms with Crippen molar-refractivity contribution in [2.45, 2.75) is 6.54 Å². The summed E-state index contributed by atoms with van der Waals surface area (Å²) >= 11 is 0. The molecule has 0 bridgehead atoms. The van der Waals surface area contributed by atoms with Crippen LogP contribution in [0.3, 0.4) is 0 Å². The molecule has 0 saturated heterocycles. The summed E-state index contributed by atoms with van der Waals surface area (Å²) in [5.74, 6) is 3.26. The van der Waals surface area contributed by atoms with Crippen LogP contribution in [0.1, 0.15) is 5.56 Å². The van der Waals surface area contributed by atoms with E-state index in [-0.39, 0.29) is 30.8 Å². The topological polar surface area (TPSA) is 87.3 Å². The Morgan fingerprint density at radius 2 is 1.60 bits per heavy atom. The minimum Gasteiger partial charge on any atom is -0.486 e. The van der Waals surface area contributed by atoms with Crippen molar-refractivity contribution in [1.82, 2.24) is 0 Å². The quantitative estimate of drug-likeness (QED) is 0.421. The van der Waals surface area contributed by atoms with Crippen LogP contribution in [0, 0.1) is 0 Å². The molecule has 7 nitrogen and oxygen atoms in total. The number of fused-ring (bicyclic) bond motifs is 2. The highest BCUT2D eigenvalue weighted by atomic mass is 127. The fourth-order valence-electron chi connectivity index (χ4n) is 2.52. The number of hydrogen-bond donors (Lipinski definition) is 2. The van der Waals surface area contributed by atoms with Crippen molar-refractivity contribution < 1.29 is 18.9 Å². The van der Waals surface area contributed by atoms with Gasteiger partial charge < -0.3 is 30.0 Å². The summed E-state index contributed by atoms with van der Waals surface area (Å²) in [6, 6.07) is 11.3. The van der Waals surface area contributed by atoms with Crippen LogP contribution in [-0.4, -0.2) is 26.0 Å². The Morgan fingerprint density at radius 3 is 2.48 bits per heavy atom. The molecule has 0 aliphatic carbocycles. The average Bonchev–Trinajstić information content (AvgIpc) is 3.07. The second-order valence-corrected chi connectivity index (χ2v) is 5.37. The van der Waals surface area contributed by atoms with E-state index in [1.54, 1.807) is 0 Å². The van der Waals surface area contributed by atoms with Crippen LogP contribution in [-0.2, 0) is 6.54 Å². The van der Waals surface area contributed by atoms with Gasteiger partial charge in [0.15, 0.2) is 29.0 Å². The number of nitrogens with one attached hydrogen (secondary N) is 1. The molecule has 0 atom stereocenters. The number of aliphatic imine (C=N–C) groups is 1. The van der Waals surface area contributed by atoms with Gasteiger partial charge >= 0.3 is 0 Å². The van der Waals surface area contributed by atoms with Gasteiger partial charge in [-0.1, -0.05) is 6.07 Å². The molecule has 0 aromatic heterocycles. The van der Waals surface area contributed by atoms with Gasteiger partial charge in [-0.3, -0.25) is 0 Å². The zero-order valence-corrected chi connectivity index (χ0v) is 15.7. The van der Waals surface area contributed by atoms with Crippen LogP contribution in [0.2, 0.25) is 0 Å². The summed E-state index contributed by atoms with van der Waals surface area (Å²) in [5.41, 5.74) is 7.74. The third kappa shape index (κ3) is 4.01. The number of anilines is 1. The van der Waals surface area contributed by atoms with Gasteiger partial charge in [-0.25, -0.2) is 4.99 Å². The average molecular weight is 455 g/mol. The number of rotatable bonds is 3. The number of nitrogens with two attached hydrogens (primary N) is 1. The lowest BCUT2D eigenvalue weighted by Gasteiger charge is -2.19. The van der Waals surface area contributed by atoms with Crippen LogP contribution in [0.15, 0.2) is 41.4 Å². The molecule has 2 aliphatic heterocycles. The normalized spacial score (nSPS) is 14.6. The predicted octanol–water partition coefficient (Wildman–Crippen LogP) is 2.73. The maximum Gasteiger partial charge on any atom is 0.231 e. The zero-order valence-electron chi connectivity index (χ0n) is 13.4. The highest BCUT2D eigenvalue weighted by molar-refractivity contribution is 14.0. The molecular formula is C17H18IN3O4. The first kappa shape index (κ1) is 17.5. The van der Waals surface area contributed by atoms with E-state index in [4.69, 9.17) is 24.7 Å². The van der Waals surface area contributed by atoms with Gasteiger partial charge in [-0.2, -0.15) is 0 Å². The lowest BCUT2D eigenvalue weighted by Crippen LogP contribution is -2.23. The molecule has 2 aromatic rings. The lowest BCUT2D eigenvalue weighted by atomic mass is 10.2. The molecule has 0 fully saturated rings. The number of benzene rings is 2. The molecule has 4 rings (SSSR count). The van der Waals surface area contributed by atoms with E-state index in [2.05, 4.69) is 10.3 Å². The van der Waals surface area contributed by atoms with Gasteiger partial charge in [0, 0.05) is 11.8 Å². The Bertz CT molecular complexity index is 797. The number of ether oxygens (including phenoxy) is 4. The molecule has 0 spiro atoms. The van der Waals surface area contributed by atoms with Gasteiger partial charge in [0.25, 0.3) is 0 Å². The lowest BCUT2D eigenvalue weighted by molar-refractivity contribution is 0.171. The number of hydrogen-bond acceptors (Lipinski definition) is 5. The van der Waals surface area contributed by atoms with E-state index in [1.807, 2.05) is 36.4 Å². The van der Waals surface area contributed by atoms with Crippen molar-refractivity contribution >= 4 is 35.6 Å². The monoisotopic (exact) mass is 455 g/mol. The van der Waals surface area contributed by atoms with Gasteiger partial charge in [0.1, 0.15) is 13.2 Å². The van der Waals surface area contributed by atoms with Crippen LogP contribution in [0.5, 0.6) is 23.0 Å². The van der Waals surface area contributed by atoms with E-state index >= 15 is 0 Å². The van der Waals surface area contributed by atoms with E-state index in [9.17, 15) is 0 Å². The molecule has 0 radical (unpaired) electrons. The molecule has 2 aromatic carbocycles. The van der Waals surface area contributed by atoms with E-state index < -0.39 is 0 Å². The summed E-state index contributed by atoms with van der Waals surface area (Å²) < 4.78 is 21.7. The van der Waals surface area contributed by atoms with Gasteiger partial charge in [0.2, 0.25) is 6.79 Å². The van der Waals surface area contributed by atoms with Gasteiger partial charge in [-0.05, 0) is 29.8 Å². The Kier molecular flexibility index (Phi) is 5.37. The number of halogens is 1. The third-order valence-corrected chi connectivity index (χ3v) is 3.68. The predicted molar refractivity (Wildman–Crippen MR) is 104 cm³/mol. The molecule has 0 unspecified atom stereocenters. The third-order valence-electron chi connectivity index (χ3n) is 3.68. The van der Waals surface area contributed by atoms with E-state index in [1.165, 1.54) is 0 Å². The summed E-state index contributed by atoms with van der Waals surface area (Å²) in [4.78, 5) is 4.34. The second-order valence-electron chi connectivity index (χ2n) is 5.37. The largest absolute Gasteiger partial charge is 0.486 e. The van der Waals surface area contributed by atoms with E-state index in [0.29, 0.717) is 31.5 Å². The SMILES string of the molecule is I.NC(=NCc1ccc2c(c1)OCO2)Nc1ccc2c(c1)OCCO2. The summed E-state index contributed by atoms with van der Waals surface area (Å²) in [7, 11) is 0. The molecule has 3 N–H and O–H groups in total. The highest BCUT2D eigenvalue weighted by Crippen LogP contribution is 2.33. The minimum absolute atomic E-state index is 0.